The third-order valence-electron chi connectivity index (χ3n) is 2.40. The first-order valence-corrected chi connectivity index (χ1v) is 6.01. The first kappa shape index (κ1) is 12.6. The van der Waals surface area contributed by atoms with Gasteiger partial charge in [0, 0.05) is 37.2 Å². The first-order valence-electron chi connectivity index (χ1n) is 5.63. The number of nitrogens with one attached hydrogen (secondary N) is 1. The highest BCUT2D eigenvalue weighted by molar-refractivity contribution is 6.29. The zero-order valence-electron chi connectivity index (χ0n) is 9.71. The fraction of sp³-hybridized carbons (Fsp3) is 0.250. The SMILES string of the molecule is O=C(NCCCn1cccn1)c1ccnc(Cl)c1. The van der Waals surface area contributed by atoms with Crippen LogP contribution in [0.2, 0.25) is 5.15 Å². The van der Waals surface area contributed by atoms with Crippen LogP contribution in [0.4, 0.5) is 0 Å². The third-order valence-corrected chi connectivity index (χ3v) is 2.60. The van der Waals surface area contributed by atoms with Crippen LogP contribution in [0.5, 0.6) is 0 Å². The summed E-state index contributed by atoms with van der Waals surface area (Å²) in [5.74, 6) is -0.139. The van der Waals surface area contributed by atoms with Gasteiger partial charge in [-0.2, -0.15) is 5.10 Å². The molecule has 0 saturated heterocycles. The van der Waals surface area contributed by atoms with Gasteiger partial charge in [0.05, 0.1) is 0 Å². The molecule has 0 aliphatic rings. The fourth-order valence-corrected chi connectivity index (χ4v) is 1.70. The third kappa shape index (κ3) is 3.56. The van der Waals surface area contributed by atoms with Crippen molar-refractivity contribution in [3.63, 3.8) is 0 Å². The van der Waals surface area contributed by atoms with E-state index >= 15 is 0 Å². The highest BCUT2D eigenvalue weighted by Gasteiger charge is 2.05. The van der Waals surface area contributed by atoms with Gasteiger partial charge in [-0.1, -0.05) is 11.6 Å². The van der Waals surface area contributed by atoms with Crippen molar-refractivity contribution in [1.82, 2.24) is 20.1 Å². The summed E-state index contributed by atoms with van der Waals surface area (Å²) in [6.45, 7) is 1.38. The molecule has 2 heterocycles. The smallest absolute Gasteiger partial charge is 0.251 e. The molecule has 1 amide bonds. The molecule has 1 N–H and O–H groups in total. The maximum Gasteiger partial charge on any atom is 0.251 e. The summed E-state index contributed by atoms with van der Waals surface area (Å²) in [4.78, 5) is 15.6. The molecular formula is C12H13ClN4O. The number of carbonyl (C=O) groups is 1. The lowest BCUT2D eigenvalue weighted by molar-refractivity contribution is 0.0952. The van der Waals surface area contributed by atoms with E-state index < -0.39 is 0 Å². The zero-order valence-corrected chi connectivity index (χ0v) is 10.5. The summed E-state index contributed by atoms with van der Waals surface area (Å²) in [5, 5.41) is 7.22. The summed E-state index contributed by atoms with van der Waals surface area (Å²) >= 11 is 5.72. The molecule has 2 aromatic heterocycles. The molecule has 0 aliphatic heterocycles. The predicted molar refractivity (Wildman–Crippen MR) is 68.4 cm³/mol. The highest BCUT2D eigenvalue weighted by atomic mass is 35.5. The van der Waals surface area contributed by atoms with Crippen molar-refractivity contribution in [2.75, 3.05) is 6.54 Å². The van der Waals surface area contributed by atoms with E-state index in [2.05, 4.69) is 15.4 Å². The number of nitrogens with zero attached hydrogens (tertiary/aromatic N) is 3. The molecule has 6 heteroatoms. The molecule has 0 fully saturated rings. The van der Waals surface area contributed by atoms with Crippen LogP contribution in [-0.4, -0.2) is 27.2 Å². The monoisotopic (exact) mass is 264 g/mol. The van der Waals surface area contributed by atoms with E-state index in [4.69, 9.17) is 11.6 Å². The van der Waals surface area contributed by atoms with Crippen molar-refractivity contribution in [1.29, 1.82) is 0 Å². The van der Waals surface area contributed by atoms with E-state index in [1.165, 1.54) is 6.20 Å². The summed E-state index contributed by atoms with van der Waals surface area (Å²) in [5.41, 5.74) is 0.522. The van der Waals surface area contributed by atoms with Crippen LogP contribution >= 0.6 is 11.6 Å². The second-order valence-electron chi connectivity index (χ2n) is 3.75. The van der Waals surface area contributed by atoms with Crippen LogP contribution in [0.25, 0.3) is 0 Å². The summed E-state index contributed by atoms with van der Waals surface area (Å²) in [7, 11) is 0. The Labute approximate surface area is 110 Å². The average molecular weight is 265 g/mol. The normalized spacial score (nSPS) is 10.3. The van der Waals surface area contributed by atoms with Gasteiger partial charge in [-0.3, -0.25) is 9.48 Å². The van der Waals surface area contributed by atoms with E-state index in [9.17, 15) is 4.79 Å². The highest BCUT2D eigenvalue weighted by Crippen LogP contribution is 2.06. The van der Waals surface area contributed by atoms with Gasteiger partial charge in [0.25, 0.3) is 5.91 Å². The number of hydrogen-bond acceptors (Lipinski definition) is 3. The Bertz CT molecular complexity index is 513. The van der Waals surface area contributed by atoms with E-state index in [1.54, 1.807) is 18.3 Å². The number of pyridine rings is 1. The molecule has 2 aromatic rings. The van der Waals surface area contributed by atoms with E-state index in [1.807, 2.05) is 16.9 Å². The number of aromatic nitrogens is 3. The van der Waals surface area contributed by atoms with E-state index in [0.717, 1.165) is 13.0 Å². The Kier molecular flexibility index (Phi) is 4.30. The van der Waals surface area contributed by atoms with Gasteiger partial charge < -0.3 is 5.32 Å². The van der Waals surface area contributed by atoms with E-state index in [-0.39, 0.29) is 5.91 Å². The van der Waals surface area contributed by atoms with Gasteiger partial charge in [0.15, 0.2) is 0 Å². The van der Waals surface area contributed by atoms with Crippen molar-refractivity contribution in [3.05, 3.63) is 47.5 Å². The molecule has 0 saturated carbocycles. The second kappa shape index (κ2) is 6.16. The molecule has 0 aliphatic carbocycles. The van der Waals surface area contributed by atoms with Gasteiger partial charge in [0.2, 0.25) is 0 Å². The maximum atomic E-state index is 11.7. The van der Waals surface area contributed by atoms with Crippen molar-refractivity contribution in [3.8, 4) is 0 Å². The minimum atomic E-state index is -0.139. The molecule has 0 radical (unpaired) electrons. The lowest BCUT2D eigenvalue weighted by Crippen LogP contribution is -2.25. The average Bonchev–Trinajstić information content (AvgIpc) is 2.87. The minimum absolute atomic E-state index is 0.139. The fourth-order valence-electron chi connectivity index (χ4n) is 1.52. The molecule has 0 unspecified atom stereocenters. The Balaban J connectivity index is 1.75. The van der Waals surface area contributed by atoms with Gasteiger partial charge in [-0.25, -0.2) is 4.98 Å². The Morgan fingerprint density at radius 1 is 1.44 bits per heavy atom. The number of hydrogen-bond donors (Lipinski definition) is 1. The van der Waals surface area contributed by atoms with Gasteiger partial charge in [0.1, 0.15) is 5.15 Å². The Morgan fingerprint density at radius 2 is 2.33 bits per heavy atom. The summed E-state index contributed by atoms with van der Waals surface area (Å²) in [6, 6.07) is 5.05. The van der Waals surface area contributed by atoms with Crippen LogP contribution in [0.1, 0.15) is 16.8 Å². The summed E-state index contributed by atoms with van der Waals surface area (Å²) in [6.07, 6.45) is 5.97. The topological polar surface area (TPSA) is 59.8 Å². The van der Waals surface area contributed by atoms with Gasteiger partial charge >= 0.3 is 0 Å². The van der Waals surface area contributed by atoms with Crippen molar-refractivity contribution >= 4 is 17.5 Å². The number of aryl methyl sites for hydroxylation is 1. The van der Waals surface area contributed by atoms with Gasteiger partial charge in [-0.15, -0.1) is 0 Å². The predicted octanol–water partition coefficient (Wildman–Crippen LogP) is 1.75. The van der Waals surface area contributed by atoms with Gasteiger partial charge in [-0.05, 0) is 24.6 Å². The second-order valence-corrected chi connectivity index (χ2v) is 4.13. The molecule has 5 nitrogen and oxygen atoms in total. The Hall–Kier alpha value is -1.88. The molecule has 0 aromatic carbocycles. The minimum Gasteiger partial charge on any atom is -0.352 e. The molecule has 0 bridgehead atoms. The van der Waals surface area contributed by atoms with Crippen LogP contribution in [-0.2, 0) is 6.54 Å². The first-order chi connectivity index (χ1) is 8.75. The number of halogens is 1. The van der Waals surface area contributed by atoms with Crippen LogP contribution in [0, 0.1) is 0 Å². The quantitative estimate of drug-likeness (QED) is 0.661. The summed E-state index contributed by atoms with van der Waals surface area (Å²) < 4.78 is 1.83. The lowest BCUT2D eigenvalue weighted by atomic mass is 10.2. The van der Waals surface area contributed by atoms with Crippen LogP contribution in [0.3, 0.4) is 0 Å². The van der Waals surface area contributed by atoms with Crippen molar-refractivity contribution in [2.45, 2.75) is 13.0 Å². The molecule has 18 heavy (non-hydrogen) atoms. The lowest BCUT2D eigenvalue weighted by Gasteiger charge is -2.05. The van der Waals surface area contributed by atoms with Crippen molar-refractivity contribution in [2.24, 2.45) is 0 Å². The maximum absolute atomic E-state index is 11.7. The molecule has 0 spiro atoms. The standard InChI is InChI=1S/C12H13ClN4O/c13-11-9-10(3-6-14-11)12(18)15-4-1-7-17-8-2-5-16-17/h2-3,5-6,8-9H,1,4,7H2,(H,15,18). The van der Waals surface area contributed by atoms with Crippen molar-refractivity contribution < 1.29 is 4.79 Å². The molecular weight excluding hydrogens is 252 g/mol. The van der Waals surface area contributed by atoms with E-state index in [0.29, 0.717) is 17.3 Å². The largest absolute Gasteiger partial charge is 0.352 e. The Morgan fingerprint density at radius 3 is 3.06 bits per heavy atom. The molecule has 94 valence electrons. The zero-order chi connectivity index (χ0) is 12.8. The molecule has 0 atom stereocenters. The van der Waals surface area contributed by atoms with Crippen LogP contribution < -0.4 is 5.32 Å². The number of amides is 1. The number of carbonyl (C=O) groups excluding carboxylic acids is 1. The molecule has 2 rings (SSSR count). The van der Waals surface area contributed by atoms with Crippen LogP contribution in [0.15, 0.2) is 36.8 Å². The number of rotatable bonds is 5.